The summed E-state index contributed by atoms with van der Waals surface area (Å²) in [5.74, 6) is -1.10. The number of rotatable bonds is 6. The summed E-state index contributed by atoms with van der Waals surface area (Å²) < 4.78 is 18.7. The smallest absolute Gasteiger partial charge is 0.335 e. The van der Waals surface area contributed by atoms with Crippen LogP contribution in [0.15, 0.2) is 47.6 Å². The van der Waals surface area contributed by atoms with E-state index in [1.165, 1.54) is 18.6 Å². The maximum absolute atomic E-state index is 12.9. The second kappa shape index (κ2) is 8.73. The van der Waals surface area contributed by atoms with Crippen LogP contribution in [0.3, 0.4) is 0 Å². The number of allylic oxidation sites excluding steroid dienone is 1. The normalized spacial score (nSPS) is 34.0. The van der Waals surface area contributed by atoms with E-state index in [2.05, 4.69) is 6.92 Å². The topological polar surface area (TPSA) is 82.1 Å². The molecule has 6 heteroatoms. The molecule has 1 aromatic carbocycles. The lowest BCUT2D eigenvalue weighted by atomic mass is 9.74. The molecule has 1 aliphatic carbocycles. The zero-order valence-corrected chi connectivity index (χ0v) is 20.0. The van der Waals surface area contributed by atoms with Crippen LogP contribution in [0.5, 0.6) is 0 Å². The van der Waals surface area contributed by atoms with Crippen molar-refractivity contribution in [2.45, 2.75) is 83.4 Å². The zero-order valence-electron chi connectivity index (χ0n) is 20.0. The van der Waals surface area contributed by atoms with Gasteiger partial charge in [-0.1, -0.05) is 49.8 Å². The molecular weight excluding hydrogens is 420 g/mol. The third-order valence-electron chi connectivity index (χ3n) is 7.67. The molecule has 2 bridgehead atoms. The second-order valence-corrected chi connectivity index (χ2v) is 10.1. The van der Waals surface area contributed by atoms with Gasteiger partial charge in [0.2, 0.25) is 0 Å². The average Bonchev–Trinajstić information content (AvgIpc) is 3.28. The molecule has 1 N–H and O–H groups in total. The minimum absolute atomic E-state index is 0.00447. The molecule has 3 aliphatic rings. The summed E-state index contributed by atoms with van der Waals surface area (Å²) in [5, 5.41) is 9.73. The van der Waals surface area contributed by atoms with Crippen molar-refractivity contribution in [2.24, 2.45) is 11.8 Å². The van der Waals surface area contributed by atoms with Crippen molar-refractivity contribution >= 4 is 18.0 Å². The van der Waals surface area contributed by atoms with E-state index in [0.29, 0.717) is 6.42 Å². The summed E-state index contributed by atoms with van der Waals surface area (Å²) in [7, 11) is 0. The number of carbonyl (C=O) groups excluding carboxylic acids is 2. The summed E-state index contributed by atoms with van der Waals surface area (Å²) >= 11 is 0. The van der Waals surface area contributed by atoms with Crippen LogP contribution in [0.1, 0.15) is 59.4 Å². The van der Waals surface area contributed by atoms with Gasteiger partial charge in [0.05, 0.1) is 0 Å². The first-order chi connectivity index (χ1) is 15.6. The van der Waals surface area contributed by atoms with Crippen molar-refractivity contribution in [3.63, 3.8) is 0 Å². The Morgan fingerprint density at radius 3 is 2.52 bits per heavy atom. The molecule has 2 heterocycles. The summed E-state index contributed by atoms with van der Waals surface area (Å²) in [4.78, 5) is 25.2. The number of aliphatic hydroxyl groups excluding tert-OH is 1. The predicted molar refractivity (Wildman–Crippen MR) is 124 cm³/mol. The number of aliphatic hydroxyl groups is 1. The van der Waals surface area contributed by atoms with Gasteiger partial charge >= 0.3 is 11.9 Å². The Morgan fingerprint density at radius 1 is 1.18 bits per heavy atom. The van der Waals surface area contributed by atoms with Crippen LogP contribution < -0.4 is 0 Å². The molecule has 2 fully saturated rings. The molecule has 0 saturated carbocycles. The lowest BCUT2D eigenvalue weighted by molar-refractivity contribution is -0.223. The number of benzene rings is 1. The standard InChI is InChI=1S/C27H34O6/c1-16(2)27-15-21(31-25(30)18(4)28)26(5,33-27)20-13-11-17(3)23(20)24(27)32-22(29)14-12-19-9-7-6-8-10-19/h6-10,12,14,16,18,20-21,24,28H,11,13,15H2,1-5H3/b14-12+/t18-,20+,21+,24-,26+,27-/m0/s1. The number of fused-ring (bicyclic) bond motifs is 4. The van der Waals surface area contributed by atoms with Crippen molar-refractivity contribution in [3.8, 4) is 0 Å². The average molecular weight is 455 g/mol. The number of carbonyl (C=O) groups is 2. The molecule has 0 unspecified atom stereocenters. The molecule has 0 aromatic heterocycles. The maximum Gasteiger partial charge on any atom is 0.335 e. The van der Waals surface area contributed by atoms with Gasteiger partial charge in [0.15, 0.2) is 6.10 Å². The van der Waals surface area contributed by atoms with Gasteiger partial charge in [-0.25, -0.2) is 9.59 Å². The fraction of sp³-hybridized carbons (Fsp3) is 0.556. The van der Waals surface area contributed by atoms with Crippen LogP contribution >= 0.6 is 0 Å². The van der Waals surface area contributed by atoms with Crippen LogP contribution in [0.25, 0.3) is 6.08 Å². The van der Waals surface area contributed by atoms with Crippen molar-refractivity contribution in [3.05, 3.63) is 53.1 Å². The summed E-state index contributed by atoms with van der Waals surface area (Å²) in [6, 6.07) is 9.60. The lowest BCUT2D eigenvalue weighted by Gasteiger charge is -2.50. The summed E-state index contributed by atoms with van der Waals surface area (Å²) in [6.07, 6.45) is 3.05. The van der Waals surface area contributed by atoms with Gasteiger partial charge in [-0.05, 0) is 56.7 Å². The van der Waals surface area contributed by atoms with Crippen molar-refractivity contribution in [1.29, 1.82) is 0 Å². The highest BCUT2D eigenvalue weighted by atomic mass is 16.6. The lowest BCUT2D eigenvalue weighted by Crippen LogP contribution is -2.58. The molecule has 4 rings (SSSR count). The highest BCUT2D eigenvalue weighted by molar-refractivity contribution is 5.87. The van der Waals surface area contributed by atoms with Gasteiger partial charge in [0.1, 0.15) is 23.4 Å². The number of hydrogen-bond donors (Lipinski definition) is 1. The van der Waals surface area contributed by atoms with E-state index in [-0.39, 0.29) is 11.8 Å². The fourth-order valence-corrected chi connectivity index (χ4v) is 5.79. The number of esters is 2. The minimum Gasteiger partial charge on any atom is -0.457 e. The first-order valence-corrected chi connectivity index (χ1v) is 11.8. The fourth-order valence-electron chi connectivity index (χ4n) is 5.79. The quantitative estimate of drug-likeness (QED) is 0.394. The van der Waals surface area contributed by atoms with Gasteiger partial charge in [-0.15, -0.1) is 0 Å². The van der Waals surface area contributed by atoms with Crippen molar-refractivity contribution in [2.75, 3.05) is 0 Å². The molecule has 0 radical (unpaired) electrons. The summed E-state index contributed by atoms with van der Waals surface area (Å²) in [6.45, 7) is 9.58. The van der Waals surface area contributed by atoms with Crippen LogP contribution in [-0.4, -0.2) is 46.6 Å². The largest absolute Gasteiger partial charge is 0.457 e. The van der Waals surface area contributed by atoms with E-state index in [1.54, 1.807) is 6.08 Å². The molecule has 6 nitrogen and oxygen atoms in total. The molecule has 2 aliphatic heterocycles. The van der Waals surface area contributed by atoms with E-state index in [4.69, 9.17) is 14.2 Å². The molecule has 33 heavy (non-hydrogen) atoms. The van der Waals surface area contributed by atoms with Crippen LogP contribution in [0, 0.1) is 11.8 Å². The van der Waals surface area contributed by atoms with Gasteiger partial charge in [0, 0.05) is 18.4 Å². The first kappa shape index (κ1) is 23.7. The Bertz CT molecular complexity index is 978. The van der Waals surface area contributed by atoms with Crippen molar-refractivity contribution < 1.29 is 28.9 Å². The third kappa shape index (κ3) is 4.04. The monoisotopic (exact) mass is 454 g/mol. The SMILES string of the molecule is CC1=C2[C@@H](CC1)[C@@]1(C)O[C@](C(C)C)(C[C@H]1OC(=O)[C@H](C)O)[C@H]2OC(=O)/C=C/c1ccccc1. The molecular formula is C27H34O6. The van der Waals surface area contributed by atoms with Gasteiger partial charge in [0.25, 0.3) is 0 Å². The maximum atomic E-state index is 12.9. The molecule has 6 atom stereocenters. The van der Waals surface area contributed by atoms with E-state index in [9.17, 15) is 14.7 Å². The van der Waals surface area contributed by atoms with Crippen LogP contribution in [0.2, 0.25) is 0 Å². The van der Waals surface area contributed by atoms with E-state index < -0.39 is 41.5 Å². The highest BCUT2D eigenvalue weighted by Gasteiger charge is 2.70. The Hall–Kier alpha value is -2.44. The first-order valence-electron chi connectivity index (χ1n) is 11.8. The third-order valence-corrected chi connectivity index (χ3v) is 7.67. The van der Waals surface area contributed by atoms with E-state index >= 15 is 0 Å². The van der Waals surface area contributed by atoms with Gasteiger partial charge in [-0.2, -0.15) is 0 Å². The zero-order chi connectivity index (χ0) is 24.0. The Kier molecular flexibility index (Phi) is 6.27. The molecule has 2 saturated heterocycles. The Morgan fingerprint density at radius 2 is 1.88 bits per heavy atom. The Labute approximate surface area is 195 Å². The highest BCUT2D eigenvalue weighted by Crippen LogP contribution is 2.61. The second-order valence-electron chi connectivity index (χ2n) is 10.1. The Balaban J connectivity index is 1.68. The van der Waals surface area contributed by atoms with E-state index in [0.717, 1.165) is 24.0 Å². The van der Waals surface area contributed by atoms with Gasteiger partial charge in [-0.3, -0.25) is 0 Å². The van der Waals surface area contributed by atoms with E-state index in [1.807, 2.05) is 51.1 Å². The summed E-state index contributed by atoms with van der Waals surface area (Å²) in [5.41, 5.74) is 1.69. The van der Waals surface area contributed by atoms with Crippen LogP contribution in [0.4, 0.5) is 0 Å². The molecule has 1 aromatic rings. The molecule has 0 spiro atoms. The van der Waals surface area contributed by atoms with Crippen LogP contribution in [-0.2, 0) is 23.8 Å². The predicted octanol–water partition coefficient (Wildman–Crippen LogP) is 4.22. The molecule has 178 valence electrons. The van der Waals surface area contributed by atoms with Gasteiger partial charge < -0.3 is 19.3 Å². The minimum atomic E-state index is -1.21. The molecule has 0 amide bonds. The number of ether oxygens (including phenoxy) is 3. The number of hydrogen-bond acceptors (Lipinski definition) is 6. The van der Waals surface area contributed by atoms with Crippen molar-refractivity contribution in [1.82, 2.24) is 0 Å².